The maximum absolute atomic E-state index is 4.53. The van der Waals surface area contributed by atoms with E-state index in [9.17, 15) is 0 Å². The molecule has 0 nitrogen and oxygen atoms in total. The number of aryl methyl sites for hydroxylation is 1. The molecule has 0 aliphatic rings. The van der Waals surface area contributed by atoms with E-state index < -0.39 is 0 Å². The van der Waals surface area contributed by atoms with Gasteiger partial charge in [0.05, 0.1) is 0 Å². The van der Waals surface area contributed by atoms with Gasteiger partial charge < -0.3 is 0 Å². The molecule has 0 spiro atoms. The van der Waals surface area contributed by atoms with E-state index in [-0.39, 0.29) is 0 Å². The van der Waals surface area contributed by atoms with Crippen LogP contribution in [0.25, 0.3) is 11.1 Å². The maximum Gasteiger partial charge on any atom is 0.0256 e. The lowest BCUT2D eigenvalue weighted by Crippen LogP contribution is -1.87. The summed E-state index contributed by atoms with van der Waals surface area (Å²) in [6, 6.07) is 12.5. The van der Waals surface area contributed by atoms with Crippen LogP contribution in [-0.4, -0.2) is 0 Å². The van der Waals surface area contributed by atoms with Gasteiger partial charge in [-0.2, -0.15) is 0 Å². The molecule has 2 rings (SSSR count). The summed E-state index contributed by atoms with van der Waals surface area (Å²) in [7, 11) is 0. The molecule has 0 saturated carbocycles. The van der Waals surface area contributed by atoms with E-state index in [4.69, 9.17) is 0 Å². The molecule has 0 atom stereocenters. The zero-order chi connectivity index (χ0) is 11.7. The van der Waals surface area contributed by atoms with Crippen LogP contribution in [0.1, 0.15) is 5.56 Å². The Hall–Kier alpha value is -0.000000000000000111. The summed E-state index contributed by atoms with van der Waals surface area (Å²) >= 11 is 10.5. The Kier molecular flexibility index (Phi) is 3.97. The Labute approximate surface area is 123 Å². The summed E-state index contributed by atoms with van der Waals surface area (Å²) in [5.41, 5.74) is 3.66. The second-order valence-corrected chi connectivity index (χ2v) is 6.17. The van der Waals surface area contributed by atoms with Crippen LogP contribution in [0.2, 0.25) is 0 Å². The predicted octanol–water partition coefficient (Wildman–Crippen LogP) is 5.32. The van der Waals surface area contributed by atoms with E-state index >= 15 is 0 Å². The maximum atomic E-state index is 4.53. The number of hydrogen-bond acceptors (Lipinski definition) is 1. The number of hydrogen-bond donors (Lipinski definition) is 1. The summed E-state index contributed by atoms with van der Waals surface area (Å²) in [4.78, 5) is 1.01. The molecule has 16 heavy (non-hydrogen) atoms. The third-order valence-electron chi connectivity index (χ3n) is 2.45. The first-order chi connectivity index (χ1) is 7.59. The molecule has 0 fully saturated rings. The molecule has 0 heterocycles. The molecule has 0 aromatic heterocycles. The van der Waals surface area contributed by atoms with Crippen LogP contribution < -0.4 is 0 Å². The van der Waals surface area contributed by atoms with Crippen molar-refractivity contribution >= 4 is 51.1 Å². The number of thiol groups is 1. The molecule has 0 N–H and O–H groups in total. The molecule has 3 heteroatoms. The van der Waals surface area contributed by atoms with Crippen LogP contribution in [0.5, 0.6) is 0 Å². The molecule has 82 valence electrons. The quantitative estimate of drug-likeness (QED) is 0.482. The van der Waals surface area contributed by atoms with Crippen molar-refractivity contribution in [2.24, 2.45) is 0 Å². The SMILES string of the molecule is Cc1cccc(Br)c1-c1cc(I)ccc1S. The molecule has 0 saturated heterocycles. The van der Waals surface area contributed by atoms with Gasteiger partial charge in [0.2, 0.25) is 0 Å². The highest BCUT2D eigenvalue weighted by atomic mass is 127. The lowest BCUT2D eigenvalue weighted by atomic mass is 10.0. The summed E-state index contributed by atoms with van der Waals surface area (Å²) in [5, 5.41) is 0. The summed E-state index contributed by atoms with van der Waals surface area (Å²) in [5.74, 6) is 0. The van der Waals surface area contributed by atoms with Crippen molar-refractivity contribution in [3.8, 4) is 11.1 Å². The van der Waals surface area contributed by atoms with E-state index in [1.54, 1.807) is 0 Å². The molecular formula is C13H10BrIS. The van der Waals surface area contributed by atoms with E-state index in [2.05, 4.69) is 88.4 Å². The van der Waals surface area contributed by atoms with Gasteiger partial charge in [-0.3, -0.25) is 0 Å². The summed E-state index contributed by atoms with van der Waals surface area (Å²) in [6.07, 6.45) is 0. The highest BCUT2D eigenvalue weighted by molar-refractivity contribution is 14.1. The van der Waals surface area contributed by atoms with Crippen molar-refractivity contribution in [1.29, 1.82) is 0 Å². The normalized spacial score (nSPS) is 10.5. The van der Waals surface area contributed by atoms with Crippen molar-refractivity contribution in [3.63, 3.8) is 0 Å². The Morgan fingerprint density at radius 3 is 2.62 bits per heavy atom. The molecule has 0 radical (unpaired) electrons. The van der Waals surface area contributed by atoms with Crippen LogP contribution in [-0.2, 0) is 0 Å². The van der Waals surface area contributed by atoms with Crippen LogP contribution in [0.3, 0.4) is 0 Å². The standard InChI is InChI=1S/C13H10BrIS/c1-8-3-2-4-11(14)13(8)10-7-9(15)5-6-12(10)16/h2-7,16H,1H3. The van der Waals surface area contributed by atoms with Gasteiger partial charge in [-0.15, -0.1) is 12.6 Å². The fraction of sp³-hybridized carbons (Fsp3) is 0.0769. The number of halogens is 2. The second-order valence-electron chi connectivity index (χ2n) is 3.59. The largest absolute Gasteiger partial charge is 0.143 e. The molecule has 2 aromatic carbocycles. The van der Waals surface area contributed by atoms with Crippen molar-refractivity contribution in [2.75, 3.05) is 0 Å². The monoisotopic (exact) mass is 404 g/mol. The van der Waals surface area contributed by atoms with Gasteiger partial charge in [0.25, 0.3) is 0 Å². The minimum atomic E-state index is 1.01. The fourth-order valence-corrected chi connectivity index (χ4v) is 3.10. The van der Waals surface area contributed by atoms with E-state index in [0.717, 1.165) is 9.37 Å². The fourth-order valence-electron chi connectivity index (χ4n) is 1.68. The molecule has 0 amide bonds. The van der Waals surface area contributed by atoms with Crippen molar-refractivity contribution in [3.05, 3.63) is 50.0 Å². The molecule has 0 bridgehead atoms. The van der Waals surface area contributed by atoms with E-state index in [1.165, 1.54) is 20.3 Å². The van der Waals surface area contributed by atoms with Crippen LogP contribution in [0.4, 0.5) is 0 Å². The smallest absolute Gasteiger partial charge is 0.0256 e. The van der Waals surface area contributed by atoms with Crippen LogP contribution in [0.15, 0.2) is 45.8 Å². The minimum Gasteiger partial charge on any atom is -0.143 e. The van der Waals surface area contributed by atoms with Crippen molar-refractivity contribution in [1.82, 2.24) is 0 Å². The molecule has 0 aliphatic heterocycles. The summed E-state index contributed by atoms with van der Waals surface area (Å²) in [6.45, 7) is 2.12. The Balaban J connectivity index is 2.72. The second kappa shape index (κ2) is 5.10. The van der Waals surface area contributed by atoms with Crippen LogP contribution in [0, 0.1) is 10.5 Å². The molecular weight excluding hydrogens is 395 g/mol. The van der Waals surface area contributed by atoms with Gasteiger partial charge in [0.15, 0.2) is 0 Å². The number of benzene rings is 2. The zero-order valence-electron chi connectivity index (χ0n) is 8.67. The van der Waals surface area contributed by atoms with Crippen LogP contribution >= 0.6 is 51.1 Å². The van der Waals surface area contributed by atoms with Gasteiger partial charge >= 0.3 is 0 Å². The van der Waals surface area contributed by atoms with Gasteiger partial charge in [-0.1, -0.05) is 28.1 Å². The third kappa shape index (κ3) is 2.46. The van der Waals surface area contributed by atoms with Gasteiger partial charge in [-0.25, -0.2) is 0 Å². The van der Waals surface area contributed by atoms with E-state index in [0.29, 0.717) is 0 Å². The predicted molar refractivity (Wildman–Crippen MR) is 84.3 cm³/mol. The third-order valence-corrected chi connectivity index (χ3v) is 4.17. The molecule has 2 aromatic rings. The molecule has 0 unspecified atom stereocenters. The molecule has 0 aliphatic carbocycles. The average Bonchev–Trinajstić information content (AvgIpc) is 2.23. The Bertz CT molecular complexity index is 517. The highest BCUT2D eigenvalue weighted by Crippen LogP contribution is 2.35. The highest BCUT2D eigenvalue weighted by Gasteiger charge is 2.09. The first-order valence-corrected chi connectivity index (χ1v) is 7.15. The van der Waals surface area contributed by atoms with Gasteiger partial charge in [0.1, 0.15) is 0 Å². The van der Waals surface area contributed by atoms with Gasteiger partial charge in [-0.05, 0) is 70.5 Å². The first-order valence-electron chi connectivity index (χ1n) is 4.83. The number of rotatable bonds is 1. The lowest BCUT2D eigenvalue weighted by Gasteiger charge is -2.11. The Morgan fingerprint density at radius 1 is 1.19 bits per heavy atom. The first kappa shape index (κ1) is 12.5. The topological polar surface area (TPSA) is 0 Å². The van der Waals surface area contributed by atoms with E-state index in [1.807, 2.05) is 6.07 Å². The average molecular weight is 405 g/mol. The van der Waals surface area contributed by atoms with Gasteiger partial charge in [0, 0.05) is 12.9 Å². The zero-order valence-corrected chi connectivity index (χ0v) is 13.3. The minimum absolute atomic E-state index is 1.01. The van der Waals surface area contributed by atoms with Crippen molar-refractivity contribution < 1.29 is 0 Å². The lowest BCUT2D eigenvalue weighted by molar-refractivity contribution is 1.37. The Morgan fingerprint density at radius 2 is 1.94 bits per heavy atom. The van der Waals surface area contributed by atoms with Crippen molar-refractivity contribution in [2.45, 2.75) is 11.8 Å². The summed E-state index contributed by atoms with van der Waals surface area (Å²) < 4.78 is 2.34.